The molecule has 1 amide bonds. The van der Waals surface area contributed by atoms with E-state index in [0.717, 1.165) is 43.9 Å². The van der Waals surface area contributed by atoms with E-state index in [4.69, 9.17) is 0 Å². The Balaban J connectivity index is 2.18. The maximum atomic E-state index is 12.2. The zero-order valence-corrected chi connectivity index (χ0v) is 12.2. The first-order valence-electron chi connectivity index (χ1n) is 7.11. The predicted molar refractivity (Wildman–Crippen MR) is 78.6 cm³/mol. The predicted octanol–water partition coefficient (Wildman–Crippen LogP) is 2.81. The molecule has 1 aromatic carbocycles. The van der Waals surface area contributed by atoms with Crippen LogP contribution in [0.3, 0.4) is 0 Å². The lowest BCUT2D eigenvalue weighted by Crippen LogP contribution is -2.37. The topological polar surface area (TPSA) is 115 Å². The van der Waals surface area contributed by atoms with Crippen LogP contribution in [-0.2, 0) is 0 Å². The minimum Gasteiger partial charge on any atom is -0.349 e. The number of hydrogen-bond acceptors (Lipinski definition) is 5. The quantitative estimate of drug-likeness (QED) is 0.678. The van der Waals surface area contributed by atoms with Crippen molar-refractivity contribution in [2.45, 2.75) is 38.6 Å². The fourth-order valence-corrected chi connectivity index (χ4v) is 2.61. The first-order chi connectivity index (χ1) is 10.4. The first-order valence-corrected chi connectivity index (χ1v) is 7.11. The van der Waals surface area contributed by atoms with Crippen LogP contribution in [0.1, 0.15) is 43.0 Å². The molecule has 0 unspecified atom stereocenters. The molecule has 0 aliphatic heterocycles. The Hall–Kier alpha value is -2.51. The van der Waals surface area contributed by atoms with Crippen LogP contribution in [0.15, 0.2) is 18.2 Å². The molecule has 2 rings (SSSR count). The molecule has 0 bridgehead atoms. The summed E-state index contributed by atoms with van der Waals surface area (Å²) in [5.41, 5.74) is -0.979. The van der Waals surface area contributed by atoms with Gasteiger partial charge in [-0.1, -0.05) is 6.92 Å². The molecule has 0 radical (unpaired) electrons. The van der Waals surface area contributed by atoms with Crippen LogP contribution in [0.4, 0.5) is 11.4 Å². The van der Waals surface area contributed by atoms with Crippen molar-refractivity contribution in [3.63, 3.8) is 0 Å². The van der Waals surface area contributed by atoms with E-state index in [1.807, 2.05) is 0 Å². The maximum Gasteiger partial charge on any atom is 0.277 e. The molecule has 0 atom stereocenters. The standard InChI is InChI=1S/C14H17N3O5/c1-9-2-4-11(5-3-9)15-14(18)10-6-12(16(19)20)8-13(7-10)17(21)22/h6-9,11H,2-5H2,1H3,(H,15,18). The number of rotatable bonds is 4. The van der Waals surface area contributed by atoms with Gasteiger partial charge in [-0.05, 0) is 31.6 Å². The van der Waals surface area contributed by atoms with E-state index in [9.17, 15) is 25.0 Å². The molecule has 8 nitrogen and oxygen atoms in total. The second-order valence-corrected chi connectivity index (χ2v) is 5.68. The number of hydrogen-bond donors (Lipinski definition) is 1. The lowest BCUT2D eigenvalue weighted by Gasteiger charge is -2.26. The van der Waals surface area contributed by atoms with Gasteiger partial charge in [-0.2, -0.15) is 0 Å². The molecular formula is C14H17N3O5. The van der Waals surface area contributed by atoms with E-state index in [1.165, 1.54) is 0 Å². The zero-order chi connectivity index (χ0) is 16.3. The van der Waals surface area contributed by atoms with Crippen LogP contribution in [-0.4, -0.2) is 21.8 Å². The number of carbonyl (C=O) groups excluding carboxylic acids is 1. The highest BCUT2D eigenvalue weighted by Gasteiger charge is 2.23. The molecule has 1 saturated carbocycles. The highest BCUT2D eigenvalue weighted by Crippen LogP contribution is 2.25. The van der Waals surface area contributed by atoms with Crippen LogP contribution in [0, 0.1) is 26.1 Å². The summed E-state index contributed by atoms with van der Waals surface area (Å²) < 4.78 is 0. The van der Waals surface area contributed by atoms with Gasteiger partial charge in [-0.15, -0.1) is 0 Å². The number of non-ortho nitro benzene ring substituents is 2. The second-order valence-electron chi connectivity index (χ2n) is 5.68. The first kappa shape index (κ1) is 15.9. The minimum atomic E-state index is -0.744. The molecule has 22 heavy (non-hydrogen) atoms. The van der Waals surface area contributed by atoms with Crippen molar-refractivity contribution in [2.75, 3.05) is 0 Å². The number of amides is 1. The molecular weight excluding hydrogens is 290 g/mol. The Morgan fingerprint density at radius 3 is 2.00 bits per heavy atom. The SMILES string of the molecule is CC1CCC(NC(=O)c2cc([N+](=O)[O-])cc([N+](=O)[O-])c2)CC1. The molecule has 118 valence electrons. The Labute approximate surface area is 126 Å². The summed E-state index contributed by atoms with van der Waals surface area (Å²) in [5.74, 6) is 0.124. The Kier molecular flexibility index (Phi) is 4.69. The molecule has 0 spiro atoms. The highest BCUT2D eigenvalue weighted by molar-refractivity contribution is 5.95. The van der Waals surface area contributed by atoms with Gasteiger partial charge in [0.05, 0.1) is 21.5 Å². The van der Waals surface area contributed by atoms with Crippen LogP contribution < -0.4 is 5.32 Å². The van der Waals surface area contributed by atoms with E-state index >= 15 is 0 Å². The summed E-state index contributed by atoms with van der Waals surface area (Å²) in [6.07, 6.45) is 3.73. The summed E-state index contributed by atoms with van der Waals surface area (Å²) in [6, 6.07) is 2.99. The number of nitro groups is 2. The van der Waals surface area contributed by atoms with E-state index in [2.05, 4.69) is 12.2 Å². The normalized spacial score (nSPS) is 21.1. The van der Waals surface area contributed by atoms with Gasteiger partial charge in [-0.25, -0.2) is 0 Å². The van der Waals surface area contributed by atoms with Crippen LogP contribution >= 0.6 is 0 Å². The summed E-state index contributed by atoms with van der Waals surface area (Å²) in [6.45, 7) is 2.15. The molecule has 0 heterocycles. The summed E-state index contributed by atoms with van der Waals surface area (Å²) in [4.78, 5) is 32.4. The fourth-order valence-electron chi connectivity index (χ4n) is 2.61. The van der Waals surface area contributed by atoms with Gasteiger partial charge >= 0.3 is 0 Å². The molecule has 8 heteroatoms. The average molecular weight is 307 g/mol. The number of carbonyl (C=O) groups is 1. The van der Waals surface area contributed by atoms with Crippen LogP contribution in [0.25, 0.3) is 0 Å². The molecule has 1 fully saturated rings. The average Bonchev–Trinajstić information content (AvgIpc) is 2.49. The number of nitro benzene ring substituents is 2. The van der Waals surface area contributed by atoms with E-state index in [-0.39, 0.29) is 11.6 Å². The van der Waals surface area contributed by atoms with Crippen molar-refractivity contribution >= 4 is 17.3 Å². The Bertz CT molecular complexity index is 576. The molecule has 1 N–H and O–H groups in total. The smallest absolute Gasteiger partial charge is 0.277 e. The lowest BCUT2D eigenvalue weighted by molar-refractivity contribution is -0.394. The Morgan fingerprint density at radius 2 is 1.55 bits per heavy atom. The van der Waals surface area contributed by atoms with Crippen molar-refractivity contribution < 1.29 is 14.6 Å². The minimum absolute atomic E-state index is 0.0158. The van der Waals surface area contributed by atoms with Gasteiger partial charge in [0.1, 0.15) is 0 Å². The lowest BCUT2D eigenvalue weighted by atomic mass is 9.87. The van der Waals surface area contributed by atoms with E-state index < -0.39 is 27.1 Å². The van der Waals surface area contributed by atoms with Gasteiger partial charge in [0.15, 0.2) is 0 Å². The van der Waals surface area contributed by atoms with E-state index in [0.29, 0.717) is 5.92 Å². The van der Waals surface area contributed by atoms with Crippen molar-refractivity contribution in [1.82, 2.24) is 5.32 Å². The van der Waals surface area contributed by atoms with Crippen molar-refractivity contribution in [2.24, 2.45) is 5.92 Å². The summed E-state index contributed by atoms with van der Waals surface area (Å²) >= 11 is 0. The molecule has 1 aliphatic carbocycles. The monoisotopic (exact) mass is 307 g/mol. The third-order valence-corrected chi connectivity index (χ3v) is 3.94. The number of nitrogens with one attached hydrogen (secondary N) is 1. The molecule has 1 aromatic rings. The van der Waals surface area contributed by atoms with Crippen molar-refractivity contribution in [1.29, 1.82) is 0 Å². The van der Waals surface area contributed by atoms with Gasteiger partial charge in [0.25, 0.3) is 17.3 Å². The largest absolute Gasteiger partial charge is 0.349 e. The van der Waals surface area contributed by atoms with Crippen molar-refractivity contribution in [3.05, 3.63) is 44.0 Å². The van der Waals surface area contributed by atoms with Gasteiger partial charge < -0.3 is 5.32 Å². The number of benzene rings is 1. The van der Waals surface area contributed by atoms with Gasteiger partial charge in [0.2, 0.25) is 0 Å². The highest BCUT2D eigenvalue weighted by atomic mass is 16.6. The third-order valence-electron chi connectivity index (χ3n) is 3.94. The molecule has 0 saturated heterocycles. The third kappa shape index (κ3) is 3.78. The van der Waals surface area contributed by atoms with E-state index in [1.54, 1.807) is 0 Å². The summed E-state index contributed by atoms with van der Waals surface area (Å²) in [5, 5.41) is 24.5. The van der Waals surface area contributed by atoms with Crippen molar-refractivity contribution in [3.8, 4) is 0 Å². The molecule has 0 aromatic heterocycles. The summed E-state index contributed by atoms with van der Waals surface area (Å²) in [7, 11) is 0. The van der Waals surface area contributed by atoms with Crippen LogP contribution in [0.5, 0.6) is 0 Å². The van der Waals surface area contributed by atoms with Gasteiger partial charge in [-0.3, -0.25) is 25.0 Å². The molecule has 1 aliphatic rings. The van der Waals surface area contributed by atoms with Gasteiger partial charge in [0, 0.05) is 18.2 Å². The Morgan fingerprint density at radius 1 is 1.05 bits per heavy atom. The zero-order valence-electron chi connectivity index (χ0n) is 12.2. The maximum absolute atomic E-state index is 12.2. The number of nitrogens with zero attached hydrogens (tertiary/aromatic N) is 2. The fraction of sp³-hybridized carbons (Fsp3) is 0.500. The van der Waals surface area contributed by atoms with Crippen LogP contribution in [0.2, 0.25) is 0 Å². The second kappa shape index (κ2) is 6.50.